The first-order valence-corrected chi connectivity index (χ1v) is 11.3. The van der Waals surface area contributed by atoms with Gasteiger partial charge in [0, 0.05) is 36.1 Å². The first kappa shape index (κ1) is 25.8. The molecule has 0 radical (unpaired) electrons. The maximum atomic E-state index is 14.8. The van der Waals surface area contributed by atoms with E-state index in [1.165, 1.54) is 31.3 Å². The number of carbonyl (C=O) groups is 1. The number of hydrogen-bond acceptors (Lipinski definition) is 6. The molecule has 0 aliphatic carbocycles. The second kappa shape index (κ2) is 10.3. The average Bonchev–Trinajstić information content (AvgIpc) is 3.38. The van der Waals surface area contributed by atoms with E-state index in [-0.39, 0.29) is 11.3 Å². The van der Waals surface area contributed by atoms with Crippen molar-refractivity contribution in [1.82, 2.24) is 29.9 Å². The zero-order chi connectivity index (χ0) is 26.7. The average molecular weight is 512 g/mol. The van der Waals surface area contributed by atoms with E-state index in [1.807, 2.05) is 6.92 Å². The van der Waals surface area contributed by atoms with E-state index in [0.717, 1.165) is 22.5 Å². The molecule has 0 saturated carbocycles. The number of carbonyl (C=O) groups excluding carboxylic acids is 1. The molecule has 9 nitrogen and oxygen atoms in total. The van der Waals surface area contributed by atoms with Gasteiger partial charge in [-0.05, 0) is 38.1 Å². The van der Waals surface area contributed by atoms with Crippen molar-refractivity contribution in [3.8, 4) is 16.9 Å². The Morgan fingerprint density at radius 3 is 2.70 bits per heavy atom. The van der Waals surface area contributed by atoms with Gasteiger partial charge in [-0.25, -0.2) is 4.39 Å². The summed E-state index contributed by atoms with van der Waals surface area (Å²) in [5, 5.41) is 19.8. The maximum Gasteiger partial charge on any atom is 0.298 e. The summed E-state index contributed by atoms with van der Waals surface area (Å²) in [6.07, 6.45) is 4.67. The van der Waals surface area contributed by atoms with Crippen LogP contribution in [-0.4, -0.2) is 42.2 Å². The number of benzene rings is 1. The third-order valence-electron chi connectivity index (χ3n) is 5.75. The second-order valence-electron chi connectivity index (χ2n) is 8.20. The van der Waals surface area contributed by atoms with Crippen LogP contribution in [0.3, 0.4) is 0 Å². The monoisotopic (exact) mass is 512 g/mol. The normalized spacial score (nSPS) is 12.4. The summed E-state index contributed by atoms with van der Waals surface area (Å²) < 4.78 is 45.3. The van der Waals surface area contributed by atoms with Crippen LogP contribution < -0.4 is 10.9 Å². The number of nitrogens with zero attached hydrogens (tertiary/aromatic N) is 5. The van der Waals surface area contributed by atoms with Crippen LogP contribution in [0.5, 0.6) is 0 Å². The van der Waals surface area contributed by atoms with E-state index in [9.17, 15) is 22.8 Å². The highest BCUT2D eigenvalue weighted by molar-refractivity contribution is 5.92. The van der Waals surface area contributed by atoms with Gasteiger partial charge < -0.3 is 10.4 Å². The predicted octanol–water partition coefficient (Wildman–Crippen LogP) is 3.23. The zero-order valence-electron chi connectivity index (χ0n) is 19.9. The summed E-state index contributed by atoms with van der Waals surface area (Å²) >= 11 is 0. The summed E-state index contributed by atoms with van der Waals surface area (Å²) in [5.74, 6) is -5.77. The fourth-order valence-corrected chi connectivity index (χ4v) is 3.83. The zero-order valence-corrected chi connectivity index (χ0v) is 19.9. The molecule has 0 fully saturated rings. The van der Waals surface area contributed by atoms with Crippen LogP contribution in [0.15, 0.2) is 65.8 Å². The minimum Gasteiger partial charge on any atom is -0.390 e. The van der Waals surface area contributed by atoms with Gasteiger partial charge in [-0.3, -0.25) is 19.3 Å². The quantitative estimate of drug-likeness (QED) is 0.375. The Morgan fingerprint density at radius 2 is 1.97 bits per heavy atom. The summed E-state index contributed by atoms with van der Waals surface area (Å²) in [5.41, 5.74) is -0.0780. The van der Waals surface area contributed by atoms with Crippen LogP contribution in [0, 0.1) is 5.82 Å². The molecule has 0 saturated heterocycles. The number of nitrogens with one attached hydrogen (secondary N) is 1. The molecule has 0 aliphatic heterocycles. The molecule has 1 atom stereocenters. The summed E-state index contributed by atoms with van der Waals surface area (Å²) in [7, 11) is 0. The van der Waals surface area contributed by atoms with Crippen LogP contribution in [-0.2, 0) is 12.5 Å². The Morgan fingerprint density at radius 1 is 1.19 bits per heavy atom. The van der Waals surface area contributed by atoms with Gasteiger partial charge in [0.25, 0.3) is 17.4 Å². The molecule has 0 aliphatic rings. The van der Waals surface area contributed by atoms with Gasteiger partial charge >= 0.3 is 0 Å². The second-order valence-corrected chi connectivity index (χ2v) is 8.20. The molecular weight excluding hydrogens is 489 g/mol. The largest absolute Gasteiger partial charge is 0.390 e. The van der Waals surface area contributed by atoms with Crippen molar-refractivity contribution >= 4 is 5.91 Å². The van der Waals surface area contributed by atoms with Gasteiger partial charge in [-0.15, -0.1) is 0 Å². The van der Waals surface area contributed by atoms with Crippen molar-refractivity contribution in [2.45, 2.75) is 32.4 Å². The lowest BCUT2D eigenvalue weighted by Gasteiger charge is -2.20. The Kier molecular flexibility index (Phi) is 7.21. The van der Waals surface area contributed by atoms with E-state index in [2.05, 4.69) is 20.5 Å². The lowest BCUT2D eigenvalue weighted by atomic mass is 10.0. The fourth-order valence-electron chi connectivity index (χ4n) is 3.83. The van der Waals surface area contributed by atoms with E-state index in [4.69, 9.17) is 5.11 Å². The van der Waals surface area contributed by atoms with Crippen molar-refractivity contribution in [3.63, 3.8) is 0 Å². The molecule has 37 heavy (non-hydrogen) atoms. The van der Waals surface area contributed by atoms with Crippen LogP contribution in [0.1, 0.15) is 41.5 Å². The Bertz CT molecular complexity index is 1500. The van der Waals surface area contributed by atoms with E-state index >= 15 is 0 Å². The van der Waals surface area contributed by atoms with Gasteiger partial charge in [0.05, 0.1) is 29.2 Å². The number of alkyl halides is 2. The topological polar surface area (TPSA) is 115 Å². The van der Waals surface area contributed by atoms with Crippen molar-refractivity contribution < 1.29 is 23.1 Å². The molecule has 0 bridgehead atoms. The van der Waals surface area contributed by atoms with Crippen molar-refractivity contribution in [2.24, 2.45) is 0 Å². The predicted molar refractivity (Wildman–Crippen MR) is 128 cm³/mol. The summed E-state index contributed by atoms with van der Waals surface area (Å²) in [6, 6.07) is 8.15. The molecule has 0 spiro atoms. The van der Waals surface area contributed by atoms with Gasteiger partial charge in [0.15, 0.2) is 0 Å². The van der Waals surface area contributed by atoms with Crippen molar-refractivity contribution in [1.29, 1.82) is 0 Å². The molecule has 1 amide bonds. The Labute approximate surface area is 209 Å². The van der Waals surface area contributed by atoms with Gasteiger partial charge in [-0.1, -0.05) is 12.1 Å². The Balaban J connectivity index is 1.62. The highest BCUT2D eigenvalue weighted by Gasteiger charge is 2.35. The lowest BCUT2D eigenvalue weighted by molar-refractivity contribution is -0.0584. The first-order valence-electron chi connectivity index (χ1n) is 11.3. The maximum absolute atomic E-state index is 14.8. The molecule has 3 aromatic heterocycles. The molecule has 4 aromatic rings. The molecule has 1 aromatic carbocycles. The molecule has 0 unspecified atom stereocenters. The molecule has 4 rings (SSSR count). The van der Waals surface area contributed by atoms with Crippen LogP contribution in [0.2, 0.25) is 0 Å². The fraction of sp³-hybridized carbons (Fsp3) is 0.240. The van der Waals surface area contributed by atoms with Gasteiger partial charge in [0.2, 0.25) is 0 Å². The van der Waals surface area contributed by atoms with E-state index < -0.39 is 41.4 Å². The number of aromatic nitrogens is 5. The number of aliphatic hydroxyl groups is 1. The minimum atomic E-state index is -3.78. The number of rotatable bonds is 8. The highest BCUT2D eigenvalue weighted by atomic mass is 19.3. The number of pyridine rings is 1. The van der Waals surface area contributed by atoms with Crippen LogP contribution >= 0.6 is 0 Å². The summed E-state index contributed by atoms with van der Waals surface area (Å²) in [4.78, 5) is 29.6. The van der Waals surface area contributed by atoms with Gasteiger partial charge in [0.1, 0.15) is 18.1 Å². The molecular formula is C25H23F3N6O3. The molecule has 12 heteroatoms. The number of amides is 1. The SMILES string of the molecule is CCn1nccc1-c1cncc(-n2nc(C(=O)N[C@H](C)c3cccc(C(F)(F)CO)c3F)ccc2=O)c1. The van der Waals surface area contributed by atoms with E-state index in [1.54, 1.807) is 29.2 Å². The molecule has 192 valence electrons. The van der Waals surface area contributed by atoms with E-state index in [0.29, 0.717) is 17.8 Å². The van der Waals surface area contributed by atoms with Gasteiger partial charge in [-0.2, -0.15) is 23.7 Å². The smallest absolute Gasteiger partial charge is 0.298 e. The first-order chi connectivity index (χ1) is 17.7. The molecule has 2 N–H and O–H groups in total. The van der Waals surface area contributed by atoms with Crippen LogP contribution in [0.4, 0.5) is 13.2 Å². The number of hydrogen-bond donors (Lipinski definition) is 2. The summed E-state index contributed by atoms with van der Waals surface area (Å²) in [6.45, 7) is 2.41. The third-order valence-corrected chi connectivity index (χ3v) is 5.75. The standard InChI is InChI=1S/C25H23F3N6O3/c1-3-33-21(9-10-30-33)16-11-17(13-29-12-16)34-22(36)8-7-20(32-34)24(37)31-15(2)18-5-4-6-19(23(18)26)25(27,28)14-35/h4-13,15,35H,3,14H2,1-2H3,(H,31,37)/t15-/m1/s1. The third kappa shape index (κ3) is 5.14. The minimum absolute atomic E-state index is 0.160. The highest BCUT2D eigenvalue weighted by Crippen LogP contribution is 2.32. The van der Waals surface area contributed by atoms with Crippen molar-refractivity contribution in [2.75, 3.05) is 6.61 Å². The van der Waals surface area contributed by atoms with Crippen LogP contribution in [0.25, 0.3) is 16.9 Å². The van der Waals surface area contributed by atoms with Crippen molar-refractivity contribution in [3.05, 3.63) is 94.0 Å². The number of aryl methyl sites for hydroxylation is 1. The lowest BCUT2D eigenvalue weighted by Crippen LogP contribution is -2.31. The number of halogens is 3. The molecule has 3 heterocycles. The number of aliphatic hydroxyl groups excluding tert-OH is 1. The Hall–Kier alpha value is -4.32.